The fraction of sp³-hybridized carbons (Fsp3) is 0.333. The number of nitrogens with one attached hydrogen (secondary N) is 1. The Labute approximate surface area is 104 Å². The van der Waals surface area contributed by atoms with E-state index in [2.05, 4.69) is 21.9 Å². The molecule has 1 N–H and O–H groups in total. The first-order valence-electron chi connectivity index (χ1n) is 5.52. The van der Waals surface area contributed by atoms with Crippen molar-refractivity contribution in [1.82, 2.24) is 9.97 Å². The lowest BCUT2D eigenvalue weighted by atomic mass is 10.4. The topological polar surface area (TPSA) is 47.0 Å². The van der Waals surface area contributed by atoms with E-state index in [1.54, 1.807) is 17.7 Å². The van der Waals surface area contributed by atoms with Crippen LogP contribution >= 0.6 is 11.3 Å². The van der Waals surface area contributed by atoms with E-state index in [0.717, 1.165) is 35.6 Å². The predicted octanol–water partition coefficient (Wildman–Crippen LogP) is 2.70. The van der Waals surface area contributed by atoms with Gasteiger partial charge in [-0.15, -0.1) is 17.9 Å². The van der Waals surface area contributed by atoms with Crippen molar-refractivity contribution in [2.24, 2.45) is 0 Å². The molecule has 0 saturated carbocycles. The summed E-state index contributed by atoms with van der Waals surface area (Å²) in [7, 11) is 0. The number of fused-ring (bicyclic) bond motifs is 1. The van der Waals surface area contributed by atoms with E-state index < -0.39 is 0 Å². The molecule has 0 bridgehead atoms. The van der Waals surface area contributed by atoms with Crippen molar-refractivity contribution >= 4 is 27.4 Å². The van der Waals surface area contributed by atoms with E-state index >= 15 is 0 Å². The van der Waals surface area contributed by atoms with Gasteiger partial charge in [0.1, 0.15) is 12.1 Å². The number of hydrogen-bond donors (Lipinski definition) is 1. The summed E-state index contributed by atoms with van der Waals surface area (Å²) in [6.07, 6.45) is 4.33. The SMILES string of the molecule is C=CCCOCCNc1ncnc2ccsc12. The van der Waals surface area contributed by atoms with Crippen LogP contribution in [0, 0.1) is 0 Å². The first kappa shape index (κ1) is 12.0. The highest BCUT2D eigenvalue weighted by atomic mass is 32.1. The van der Waals surface area contributed by atoms with E-state index in [-0.39, 0.29) is 0 Å². The van der Waals surface area contributed by atoms with Crippen LogP contribution < -0.4 is 5.32 Å². The van der Waals surface area contributed by atoms with Crippen molar-refractivity contribution in [3.05, 3.63) is 30.4 Å². The molecule has 0 aliphatic rings. The average molecular weight is 249 g/mol. The molecule has 0 fully saturated rings. The Bertz CT molecular complexity index is 483. The maximum Gasteiger partial charge on any atom is 0.147 e. The zero-order valence-corrected chi connectivity index (χ0v) is 10.4. The van der Waals surface area contributed by atoms with E-state index in [9.17, 15) is 0 Å². The summed E-state index contributed by atoms with van der Waals surface area (Å²) in [5.74, 6) is 0.886. The minimum atomic E-state index is 0.671. The monoisotopic (exact) mass is 249 g/mol. The van der Waals surface area contributed by atoms with Crippen molar-refractivity contribution in [3.63, 3.8) is 0 Å². The van der Waals surface area contributed by atoms with Gasteiger partial charge < -0.3 is 10.1 Å². The summed E-state index contributed by atoms with van der Waals surface area (Å²) >= 11 is 1.64. The second kappa shape index (κ2) is 6.32. The fourth-order valence-electron chi connectivity index (χ4n) is 1.43. The Morgan fingerprint density at radius 2 is 2.35 bits per heavy atom. The first-order valence-corrected chi connectivity index (χ1v) is 6.40. The van der Waals surface area contributed by atoms with Gasteiger partial charge in [0, 0.05) is 6.54 Å². The molecule has 0 amide bonds. The Hall–Kier alpha value is -1.46. The van der Waals surface area contributed by atoms with Gasteiger partial charge in [-0.05, 0) is 17.9 Å². The number of anilines is 1. The quantitative estimate of drug-likeness (QED) is 0.605. The van der Waals surface area contributed by atoms with Crippen molar-refractivity contribution in [3.8, 4) is 0 Å². The Morgan fingerprint density at radius 1 is 1.41 bits per heavy atom. The van der Waals surface area contributed by atoms with E-state index in [0.29, 0.717) is 6.61 Å². The highest BCUT2D eigenvalue weighted by Crippen LogP contribution is 2.24. The Kier molecular flexibility index (Phi) is 4.46. The van der Waals surface area contributed by atoms with Gasteiger partial charge >= 0.3 is 0 Å². The summed E-state index contributed by atoms with van der Waals surface area (Å²) in [6, 6.07) is 1.99. The second-order valence-electron chi connectivity index (χ2n) is 3.47. The maximum absolute atomic E-state index is 5.42. The first-order chi connectivity index (χ1) is 8.42. The second-order valence-corrected chi connectivity index (χ2v) is 4.39. The van der Waals surface area contributed by atoms with Crippen molar-refractivity contribution in [2.75, 3.05) is 25.1 Å². The summed E-state index contributed by atoms with van der Waals surface area (Å²) in [5, 5.41) is 5.28. The third kappa shape index (κ3) is 3.25. The number of rotatable bonds is 7. The Morgan fingerprint density at radius 3 is 3.24 bits per heavy atom. The number of ether oxygens (including phenoxy) is 1. The standard InChI is InChI=1S/C12H15N3OS/c1-2-3-6-16-7-5-13-12-11-10(4-8-17-11)14-9-15-12/h2,4,8-9H,1,3,5-7H2,(H,13,14,15). The van der Waals surface area contributed by atoms with Crippen LogP contribution in [-0.2, 0) is 4.74 Å². The van der Waals surface area contributed by atoms with Crippen LogP contribution in [0.1, 0.15) is 6.42 Å². The summed E-state index contributed by atoms with van der Waals surface area (Å²) in [6.45, 7) is 5.79. The van der Waals surface area contributed by atoms with Crippen molar-refractivity contribution in [1.29, 1.82) is 0 Å². The summed E-state index contributed by atoms with van der Waals surface area (Å²) in [5.41, 5.74) is 0.986. The largest absolute Gasteiger partial charge is 0.379 e. The van der Waals surface area contributed by atoms with Crippen LogP contribution in [0.4, 0.5) is 5.82 Å². The zero-order chi connectivity index (χ0) is 11.9. The number of nitrogens with zero attached hydrogens (tertiary/aromatic N) is 2. The smallest absolute Gasteiger partial charge is 0.147 e. The van der Waals surface area contributed by atoms with Crippen LogP contribution in [0.5, 0.6) is 0 Å². The lowest BCUT2D eigenvalue weighted by Crippen LogP contribution is -2.10. The fourth-order valence-corrected chi connectivity index (χ4v) is 2.24. The average Bonchev–Trinajstić information content (AvgIpc) is 2.82. The van der Waals surface area contributed by atoms with E-state index in [1.165, 1.54) is 0 Å². The molecule has 0 radical (unpaired) electrons. The number of thiophene rings is 1. The molecule has 0 aliphatic carbocycles. The molecule has 0 aliphatic heterocycles. The third-order valence-corrected chi connectivity index (χ3v) is 3.16. The molecule has 2 aromatic rings. The Balaban J connectivity index is 1.82. The molecule has 5 heteroatoms. The molecule has 2 rings (SSSR count). The van der Waals surface area contributed by atoms with Gasteiger partial charge in [-0.2, -0.15) is 0 Å². The highest BCUT2D eigenvalue weighted by Gasteiger charge is 2.03. The zero-order valence-electron chi connectivity index (χ0n) is 9.56. The van der Waals surface area contributed by atoms with Gasteiger partial charge in [-0.3, -0.25) is 0 Å². The van der Waals surface area contributed by atoms with Crippen molar-refractivity contribution < 1.29 is 4.74 Å². The molecule has 90 valence electrons. The summed E-state index contributed by atoms with van der Waals surface area (Å²) in [4.78, 5) is 8.42. The molecule has 0 atom stereocenters. The van der Waals surface area contributed by atoms with Gasteiger partial charge in [-0.25, -0.2) is 9.97 Å². The van der Waals surface area contributed by atoms with Crippen LogP contribution in [0.2, 0.25) is 0 Å². The van der Waals surface area contributed by atoms with Crippen LogP contribution in [0.25, 0.3) is 10.2 Å². The van der Waals surface area contributed by atoms with Crippen LogP contribution in [0.15, 0.2) is 30.4 Å². The number of hydrogen-bond acceptors (Lipinski definition) is 5. The molecule has 2 aromatic heterocycles. The molecular weight excluding hydrogens is 234 g/mol. The van der Waals surface area contributed by atoms with Gasteiger partial charge in [0.25, 0.3) is 0 Å². The lowest BCUT2D eigenvalue weighted by molar-refractivity contribution is 0.149. The molecule has 0 aromatic carbocycles. The van der Waals surface area contributed by atoms with Crippen molar-refractivity contribution in [2.45, 2.75) is 6.42 Å². The highest BCUT2D eigenvalue weighted by molar-refractivity contribution is 7.17. The van der Waals surface area contributed by atoms with Gasteiger partial charge in [-0.1, -0.05) is 6.08 Å². The molecule has 0 spiro atoms. The van der Waals surface area contributed by atoms with E-state index in [4.69, 9.17) is 4.74 Å². The minimum Gasteiger partial charge on any atom is -0.379 e. The molecule has 0 saturated heterocycles. The van der Waals surface area contributed by atoms with E-state index in [1.807, 2.05) is 17.5 Å². The van der Waals surface area contributed by atoms with Crippen LogP contribution in [-0.4, -0.2) is 29.7 Å². The minimum absolute atomic E-state index is 0.671. The predicted molar refractivity (Wildman–Crippen MR) is 71.5 cm³/mol. The van der Waals surface area contributed by atoms with Gasteiger partial charge in [0.15, 0.2) is 0 Å². The molecule has 0 unspecified atom stereocenters. The molecule has 17 heavy (non-hydrogen) atoms. The van der Waals surface area contributed by atoms with Gasteiger partial charge in [0.05, 0.1) is 23.4 Å². The molecular formula is C12H15N3OS. The molecule has 2 heterocycles. The third-order valence-electron chi connectivity index (χ3n) is 2.25. The maximum atomic E-state index is 5.42. The van der Waals surface area contributed by atoms with Crippen LogP contribution in [0.3, 0.4) is 0 Å². The lowest BCUT2D eigenvalue weighted by Gasteiger charge is -2.06. The summed E-state index contributed by atoms with van der Waals surface area (Å²) < 4.78 is 6.51. The number of aromatic nitrogens is 2. The normalized spacial score (nSPS) is 10.6. The molecule has 4 nitrogen and oxygen atoms in total. The van der Waals surface area contributed by atoms with Gasteiger partial charge in [0.2, 0.25) is 0 Å².